The lowest BCUT2D eigenvalue weighted by atomic mass is 10.2. The Bertz CT molecular complexity index is 436. The summed E-state index contributed by atoms with van der Waals surface area (Å²) < 4.78 is 0. The summed E-state index contributed by atoms with van der Waals surface area (Å²) in [6.45, 7) is 0. The van der Waals surface area contributed by atoms with E-state index in [1.54, 1.807) is 12.1 Å². The van der Waals surface area contributed by atoms with Crippen LogP contribution in [0.15, 0.2) is 24.3 Å². The number of hydrogen-bond donors (Lipinski definition) is 3. The molecule has 0 atom stereocenters. The SMILES string of the molecule is OC(O)c1cc2cccc(Cl)c2[nH]1. The van der Waals surface area contributed by atoms with Crippen LogP contribution in [0.3, 0.4) is 0 Å². The molecule has 1 aromatic heterocycles. The van der Waals surface area contributed by atoms with Crippen molar-refractivity contribution >= 4 is 22.5 Å². The van der Waals surface area contributed by atoms with Gasteiger partial charge in [-0.3, -0.25) is 0 Å². The first kappa shape index (κ1) is 8.56. The van der Waals surface area contributed by atoms with Crippen molar-refractivity contribution < 1.29 is 10.2 Å². The first-order valence-electron chi connectivity index (χ1n) is 3.82. The maximum atomic E-state index is 8.90. The monoisotopic (exact) mass is 197 g/mol. The average molecular weight is 198 g/mol. The Morgan fingerprint density at radius 3 is 2.69 bits per heavy atom. The highest BCUT2D eigenvalue weighted by atomic mass is 35.5. The molecule has 0 unspecified atom stereocenters. The molecule has 0 aliphatic carbocycles. The zero-order valence-corrected chi connectivity index (χ0v) is 7.42. The summed E-state index contributed by atoms with van der Waals surface area (Å²) in [6, 6.07) is 7.06. The van der Waals surface area contributed by atoms with Crippen LogP contribution in [0.25, 0.3) is 10.9 Å². The van der Waals surface area contributed by atoms with E-state index in [-0.39, 0.29) is 0 Å². The number of aliphatic hydroxyl groups is 2. The number of aromatic nitrogens is 1. The van der Waals surface area contributed by atoms with Gasteiger partial charge in [0.05, 0.1) is 16.2 Å². The number of benzene rings is 1. The van der Waals surface area contributed by atoms with Crippen LogP contribution >= 0.6 is 11.6 Å². The molecule has 0 saturated carbocycles. The van der Waals surface area contributed by atoms with Gasteiger partial charge in [0.15, 0.2) is 6.29 Å². The van der Waals surface area contributed by atoms with Crippen LogP contribution in [0.5, 0.6) is 0 Å². The number of fused-ring (bicyclic) bond motifs is 1. The Hall–Kier alpha value is -1.03. The van der Waals surface area contributed by atoms with Crippen LogP contribution < -0.4 is 0 Å². The molecule has 0 aliphatic rings. The summed E-state index contributed by atoms with van der Waals surface area (Å²) in [5.41, 5.74) is 1.08. The van der Waals surface area contributed by atoms with E-state index in [1.165, 1.54) is 0 Å². The molecule has 3 nitrogen and oxygen atoms in total. The van der Waals surface area contributed by atoms with Crippen molar-refractivity contribution in [3.63, 3.8) is 0 Å². The molecule has 0 amide bonds. The van der Waals surface area contributed by atoms with Crippen LogP contribution in [0, 0.1) is 0 Å². The van der Waals surface area contributed by atoms with Crippen LogP contribution in [-0.4, -0.2) is 15.2 Å². The van der Waals surface area contributed by atoms with E-state index in [0.29, 0.717) is 10.7 Å². The fourth-order valence-corrected chi connectivity index (χ4v) is 1.51. The molecule has 0 saturated heterocycles. The maximum Gasteiger partial charge on any atom is 0.193 e. The Balaban J connectivity index is 2.68. The molecule has 2 aromatic rings. The van der Waals surface area contributed by atoms with Crippen molar-refractivity contribution in [2.45, 2.75) is 6.29 Å². The Morgan fingerprint density at radius 2 is 2.08 bits per heavy atom. The molecule has 0 bridgehead atoms. The number of para-hydroxylation sites is 1. The zero-order chi connectivity index (χ0) is 9.42. The van der Waals surface area contributed by atoms with Gasteiger partial charge in [-0.1, -0.05) is 23.7 Å². The number of hydrogen-bond acceptors (Lipinski definition) is 2. The van der Waals surface area contributed by atoms with E-state index < -0.39 is 6.29 Å². The molecular formula is C9H8ClNO2. The van der Waals surface area contributed by atoms with E-state index >= 15 is 0 Å². The molecule has 0 aliphatic heterocycles. The first-order chi connectivity index (χ1) is 6.18. The topological polar surface area (TPSA) is 56.2 Å². The highest BCUT2D eigenvalue weighted by Gasteiger charge is 2.08. The van der Waals surface area contributed by atoms with Crippen molar-refractivity contribution in [2.75, 3.05) is 0 Å². The first-order valence-corrected chi connectivity index (χ1v) is 4.19. The Kier molecular flexibility index (Phi) is 2.00. The fraction of sp³-hybridized carbons (Fsp3) is 0.111. The van der Waals surface area contributed by atoms with Crippen molar-refractivity contribution in [1.29, 1.82) is 0 Å². The third-order valence-electron chi connectivity index (χ3n) is 1.90. The number of rotatable bonds is 1. The zero-order valence-electron chi connectivity index (χ0n) is 6.66. The average Bonchev–Trinajstić information content (AvgIpc) is 2.49. The summed E-state index contributed by atoms with van der Waals surface area (Å²) >= 11 is 5.88. The molecule has 0 fully saturated rings. The van der Waals surface area contributed by atoms with Crippen molar-refractivity contribution in [3.8, 4) is 0 Å². The van der Waals surface area contributed by atoms with Gasteiger partial charge in [0.1, 0.15) is 0 Å². The molecule has 0 radical (unpaired) electrons. The standard InChI is InChI=1S/C9H8ClNO2/c10-6-3-1-2-5-4-7(9(12)13)11-8(5)6/h1-4,9,11-13H. The van der Waals surface area contributed by atoms with Gasteiger partial charge in [0, 0.05) is 5.39 Å². The summed E-state index contributed by atoms with van der Waals surface area (Å²) in [6.07, 6.45) is -1.48. The van der Waals surface area contributed by atoms with Gasteiger partial charge < -0.3 is 15.2 Å². The number of halogens is 1. The van der Waals surface area contributed by atoms with Crippen molar-refractivity contribution in [2.24, 2.45) is 0 Å². The second-order valence-electron chi connectivity index (χ2n) is 2.80. The summed E-state index contributed by atoms with van der Waals surface area (Å²) in [5.74, 6) is 0. The summed E-state index contributed by atoms with van der Waals surface area (Å²) in [7, 11) is 0. The highest BCUT2D eigenvalue weighted by molar-refractivity contribution is 6.35. The van der Waals surface area contributed by atoms with E-state index in [9.17, 15) is 0 Å². The maximum absolute atomic E-state index is 8.90. The van der Waals surface area contributed by atoms with Gasteiger partial charge in [0.2, 0.25) is 0 Å². The number of nitrogens with one attached hydrogen (secondary N) is 1. The predicted octanol–water partition coefficient (Wildman–Crippen LogP) is 1.80. The molecule has 68 valence electrons. The van der Waals surface area contributed by atoms with Gasteiger partial charge >= 0.3 is 0 Å². The lowest BCUT2D eigenvalue weighted by Crippen LogP contribution is -1.93. The molecule has 0 spiro atoms. The minimum atomic E-state index is -1.48. The van der Waals surface area contributed by atoms with Gasteiger partial charge in [0.25, 0.3) is 0 Å². The lowest BCUT2D eigenvalue weighted by molar-refractivity contribution is -0.0453. The highest BCUT2D eigenvalue weighted by Crippen LogP contribution is 2.24. The predicted molar refractivity (Wildman–Crippen MR) is 50.5 cm³/mol. The minimum absolute atomic E-state index is 0.350. The van der Waals surface area contributed by atoms with Gasteiger partial charge in [-0.2, -0.15) is 0 Å². The van der Waals surface area contributed by atoms with Crippen molar-refractivity contribution in [1.82, 2.24) is 4.98 Å². The van der Waals surface area contributed by atoms with Gasteiger partial charge in [-0.15, -0.1) is 0 Å². The molecule has 4 heteroatoms. The second-order valence-corrected chi connectivity index (χ2v) is 3.21. The molecular weight excluding hydrogens is 190 g/mol. The minimum Gasteiger partial charge on any atom is -0.363 e. The summed E-state index contributed by atoms with van der Waals surface area (Å²) in [4.78, 5) is 2.83. The van der Waals surface area contributed by atoms with Gasteiger partial charge in [-0.05, 0) is 12.1 Å². The third-order valence-corrected chi connectivity index (χ3v) is 2.22. The van der Waals surface area contributed by atoms with Crippen LogP contribution in [0.1, 0.15) is 12.0 Å². The van der Waals surface area contributed by atoms with Crippen LogP contribution in [0.2, 0.25) is 5.02 Å². The van der Waals surface area contributed by atoms with Gasteiger partial charge in [-0.25, -0.2) is 0 Å². The lowest BCUT2D eigenvalue weighted by Gasteiger charge is -1.96. The smallest absolute Gasteiger partial charge is 0.193 e. The van der Waals surface area contributed by atoms with Crippen molar-refractivity contribution in [3.05, 3.63) is 35.0 Å². The van der Waals surface area contributed by atoms with Crippen LogP contribution in [-0.2, 0) is 0 Å². The number of aliphatic hydroxyl groups excluding tert-OH is 1. The number of H-pyrrole nitrogens is 1. The van der Waals surface area contributed by atoms with Crippen LogP contribution in [0.4, 0.5) is 0 Å². The Morgan fingerprint density at radius 1 is 1.31 bits per heavy atom. The van der Waals surface area contributed by atoms with E-state index in [4.69, 9.17) is 21.8 Å². The molecule has 2 rings (SSSR count). The third kappa shape index (κ3) is 1.42. The fourth-order valence-electron chi connectivity index (χ4n) is 1.28. The molecule has 1 aromatic carbocycles. The second kappa shape index (κ2) is 3.03. The van der Waals surface area contributed by atoms with E-state index in [2.05, 4.69) is 4.98 Å². The largest absolute Gasteiger partial charge is 0.363 e. The summed E-state index contributed by atoms with van der Waals surface area (Å²) in [5, 5.41) is 19.2. The molecule has 13 heavy (non-hydrogen) atoms. The quantitative estimate of drug-likeness (QED) is 0.611. The van der Waals surface area contributed by atoms with E-state index in [1.807, 2.05) is 12.1 Å². The number of aromatic amines is 1. The molecule has 3 N–H and O–H groups in total. The Labute approximate surface area is 79.6 Å². The molecule has 1 heterocycles. The van der Waals surface area contributed by atoms with E-state index in [0.717, 1.165) is 10.9 Å². The normalized spacial score (nSPS) is 11.4.